The van der Waals surface area contributed by atoms with Crippen LogP contribution in [-0.2, 0) is 9.53 Å². The molecule has 1 aliphatic rings. The first-order valence-corrected chi connectivity index (χ1v) is 8.64. The smallest absolute Gasteiger partial charge is 0.407 e. The monoisotopic (exact) mass is 327 g/mol. The molecule has 0 aliphatic carbocycles. The van der Waals surface area contributed by atoms with Crippen molar-refractivity contribution in [2.75, 3.05) is 26.2 Å². The van der Waals surface area contributed by atoms with Crippen LogP contribution in [0, 0.1) is 5.92 Å². The number of nitrogens with one attached hydrogen (secondary N) is 2. The number of rotatable bonds is 6. The third-order valence-electron chi connectivity index (χ3n) is 3.60. The molecule has 0 atom stereocenters. The standard InChI is InChI=1S/C17H33N3O3/c1-13(2)12-20-10-7-14(8-11-20)19-15(21)6-9-18-16(22)23-17(3,4)5/h13-14H,6-12H2,1-5H3,(H,18,22)(H,19,21). The van der Waals surface area contributed by atoms with Gasteiger partial charge in [0.05, 0.1) is 0 Å². The van der Waals surface area contributed by atoms with Gasteiger partial charge >= 0.3 is 6.09 Å². The van der Waals surface area contributed by atoms with Gasteiger partial charge in [0.2, 0.25) is 5.91 Å². The Morgan fingerprint density at radius 1 is 1.22 bits per heavy atom. The molecule has 1 saturated heterocycles. The lowest BCUT2D eigenvalue weighted by Gasteiger charge is -2.33. The highest BCUT2D eigenvalue weighted by molar-refractivity contribution is 5.77. The van der Waals surface area contributed by atoms with Gasteiger partial charge in [-0.1, -0.05) is 13.8 Å². The van der Waals surface area contributed by atoms with E-state index in [1.807, 2.05) is 20.8 Å². The van der Waals surface area contributed by atoms with Crippen LogP contribution in [0.4, 0.5) is 4.79 Å². The van der Waals surface area contributed by atoms with Crippen molar-refractivity contribution >= 4 is 12.0 Å². The molecule has 0 aromatic heterocycles. The summed E-state index contributed by atoms with van der Waals surface area (Å²) >= 11 is 0. The lowest BCUT2D eigenvalue weighted by Crippen LogP contribution is -2.46. The molecule has 6 heteroatoms. The first-order chi connectivity index (χ1) is 10.7. The molecule has 1 fully saturated rings. The predicted molar refractivity (Wildman–Crippen MR) is 91.3 cm³/mol. The van der Waals surface area contributed by atoms with Crippen molar-refractivity contribution in [2.24, 2.45) is 5.92 Å². The fourth-order valence-corrected chi connectivity index (χ4v) is 2.67. The molecule has 0 bridgehead atoms. The van der Waals surface area contributed by atoms with Crippen molar-refractivity contribution in [3.63, 3.8) is 0 Å². The molecule has 0 spiro atoms. The second-order valence-electron chi connectivity index (χ2n) is 7.71. The lowest BCUT2D eigenvalue weighted by molar-refractivity contribution is -0.122. The van der Waals surface area contributed by atoms with E-state index in [0.717, 1.165) is 32.5 Å². The average Bonchev–Trinajstić information content (AvgIpc) is 2.38. The number of nitrogens with zero attached hydrogens (tertiary/aromatic N) is 1. The van der Waals surface area contributed by atoms with Crippen molar-refractivity contribution in [1.82, 2.24) is 15.5 Å². The van der Waals surface area contributed by atoms with E-state index in [4.69, 9.17) is 4.74 Å². The Hall–Kier alpha value is -1.30. The number of amides is 2. The second kappa shape index (κ2) is 9.11. The molecule has 6 nitrogen and oxygen atoms in total. The van der Waals surface area contributed by atoms with Gasteiger partial charge in [-0.15, -0.1) is 0 Å². The van der Waals surface area contributed by atoms with E-state index >= 15 is 0 Å². The van der Waals surface area contributed by atoms with E-state index in [0.29, 0.717) is 12.5 Å². The zero-order chi connectivity index (χ0) is 17.5. The largest absolute Gasteiger partial charge is 0.444 e. The zero-order valence-corrected chi connectivity index (χ0v) is 15.3. The average molecular weight is 327 g/mol. The summed E-state index contributed by atoms with van der Waals surface area (Å²) in [5.41, 5.74) is -0.518. The maximum Gasteiger partial charge on any atom is 0.407 e. The van der Waals surface area contributed by atoms with Gasteiger partial charge in [0.25, 0.3) is 0 Å². The molecule has 0 unspecified atom stereocenters. The predicted octanol–water partition coefficient (Wildman–Crippen LogP) is 2.14. The summed E-state index contributed by atoms with van der Waals surface area (Å²) in [6.07, 6.45) is 1.80. The van der Waals surface area contributed by atoms with Crippen LogP contribution in [0.25, 0.3) is 0 Å². The van der Waals surface area contributed by atoms with Gasteiger partial charge in [-0.2, -0.15) is 0 Å². The van der Waals surface area contributed by atoms with E-state index in [1.54, 1.807) is 0 Å². The highest BCUT2D eigenvalue weighted by Crippen LogP contribution is 2.12. The number of ether oxygens (including phenoxy) is 1. The fraction of sp³-hybridized carbons (Fsp3) is 0.882. The van der Waals surface area contributed by atoms with Crippen molar-refractivity contribution < 1.29 is 14.3 Å². The maximum atomic E-state index is 11.9. The minimum absolute atomic E-state index is 0.0108. The van der Waals surface area contributed by atoms with Crippen molar-refractivity contribution in [2.45, 2.75) is 65.5 Å². The van der Waals surface area contributed by atoms with Crippen LogP contribution < -0.4 is 10.6 Å². The second-order valence-corrected chi connectivity index (χ2v) is 7.71. The van der Waals surface area contributed by atoms with Crippen LogP contribution in [0.15, 0.2) is 0 Å². The quantitative estimate of drug-likeness (QED) is 0.784. The molecule has 1 aliphatic heterocycles. The maximum absolute atomic E-state index is 11.9. The van der Waals surface area contributed by atoms with Gasteiger partial charge in [-0.05, 0) is 39.5 Å². The Balaban J connectivity index is 2.14. The summed E-state index contributed by atoms with van der Waals surface area (Å²) < 4.78 is 5.13. The Labute approximate surface area is 140 Å². The number of piperidine rings is 1. The van der Waals surface area contributed by atoms with Crippen LogP contribution in [0.3, 0.4) is 0 Å². The topological polar surface area (TPSA) is 70.7 Å². The molecule has 1 rings (SSSR count). The number of hydrogen-bond donors (Lipinski definition) is 2. The summed E-state index contributed by atoms with van der Waals surface area (Å²) in [6.45, 7) is 13.4. The zero-order valence-electron chi connectivity index (χ0n) is 15.3. The minimum atomic E-state index is -0.518. The van der Waals surface area contributed by atoms with Crippen molar-refractivity contribution in [3.05, 3.63) is 0 Å². The Morgan fingerprint density at radius 3 is 2.35 bits per heavy atom. The Morgan fingerprint density at radius 2 is 1.83 bits per heavy atom. The normalized spacial score (nSPS) is 17.1. The highest BCUT2D eigenvalue weighted by Gasteiger charge is 2.21. The summed E-state index contributed by atoms with van der Waals surface area (Å²) in [6, 6.07) is 0.257. The van der Waals surface area contributed by atoms with Crippen LogP contribution in [0.2, 0.25) is 0 Å². The molecule has 2 amide bonds. The van der Waals surface area contributed by atoms with E-state index in [1.165, 1.54) is 0 Å². The van der Waals surface area contributed by atoms with Gasteiger partial charge in [-0.3, -0.25) is 4.79 Å². The molecule has 23 heavy (non-hydrogen) atoms. The molecule has 0 aromatic carbocycles. The Kier molecular flexibility index (Phi) is 7.82. The third kappa shape index (κ3) is 9.43. The van der Waals surface area contributed by atoms with Gasteiger partial charge in [0, 0.05) is 38.6 Å². The number of hydrogen-bond acceptors (Lipinski definition) is 4. The van der Waals surface area contributed by atoms with E-state index in [-0.39, 0.29) is 18.4 Å². The van der Waals surface area contributed by atoms with Crippen LogP contribution in [0.1, 0.15) is 53.9 Å². The van der Waals surface area contributed by atoms with Crippen molar-refractivity contribution in [1.29, 1.82) is 0 Å². The van der Waals surface area contributed by atoms with Gasteiger partial charge in [0.1, 0.15) is 5.60 Å². The van der Waals surface area contributed by atoms with Gasteiger partial charge < -0.3 is 20.3 Å². The highest BCUT2D eigenvalue weighted by atomic mass is 16.6. The molecule has 0 radical (unpaired) electrons. The van der Waals surface area contributed by atoms with Crippen LogP contribution in [0.5, 0.6) is 0 Å². The van der Waals surface area contributed by atoms with Crippen LogP contribution in [-0.4, -0.2) is 54.7 Å². The first-order valence-electron chi connectivity index (χ1n) is 8.64. The van der Waals surface area contributed by atoms with E-state index in [9.17, 15) is 9.59 Å². The summed E-state index contributed by atoms with van der Waals surface area (Å²) in [7, 11) is 0. The van der Waals surface area contributed by atoms with E-state index in [2.05, 4.69) is 29.4 Å². The molecule has 1 heterocycles. The Bertz CT molecular complexity index is 383. The SMILES string of the molecule is CC(C)CN1CCC(NC(=O)CCNC(=O)OC(C)(C)C)CC1. The third-order valence-corrected chi connectivity index (χ3v) is 3.60. The molecule has 0 saturated carbocycles. The molecule has 134 valence electrons. The van der Waals surface area contributed by atoms with Gasteiger partial charge in [0.15, 0.2) is 0 Å². The number of alkyl carbamates (subject to hydrolysis) is 1. The summed E-state index contributed by atoms with van der Waals surface area (Å²) in [4.78, 5) is 25.9. The minimum Gasteiger partial charge on any atom is -0.444 e. The van der Waals surface area contributed by atoms with E-state index < -0.39 is 11.7 Å². The lowest BCUT2D eigenvalue weighted by atomic mass is 10.0. The fourth-order valence-electron chi connectivity index (χ4n) is 2.67. The summed E-state index contributed by atoms with van der Waals surface area (Å²) in [5, 5.41) is 5.66. The number of carbonyl (C=O) groups is 2. The number of carbonyl (C=O) groups excluding carboxylic acids is 2. The molecular formula is C17H33N3O3. The first kappa shape index (κ1) is 19.7. The summed E-state index contributed by atoms with van der Waals surface area (Å²) in [5.74, 6) is 0.670. The molecule has 0 aromatic rings. The molecular weight excluding hydrogens is 294 g/mol. The van der Waals surface area contributed by atoms with Crippen molar-refractivity contribution in [3.8, 4) is 0 Å². The van der Waals surface area contributed by atoms with Crippen LogP contribution >= 0.6 is 0 Å². The number of likely N-dealkylation sites (tertiary alicyclic amines) is 1. The molecule has 2 N–H and O–H groups in total. The van der Waals surface area contributed by atoms with Gasteiger partial charge in [-0.25, -0.2) is 4.79 Å².